The molecule has 0 unspecified atom stereocenters. The van der Waals surface area contributed by atoms with Crippen LogP contribution in [0.5, 0.6) is 5.75 Å². The molecule has 0 aromatic heterocycles. The fourth-order valence-corrected chi connectivity index (χ4v) is 2.28. The van der Waals surface area contributed by atoms with Crippen LogP contribution in [0.2, 0.25) is 0 Å². The highest BCUT2D eigenvalue weighted by Gasteiger charge is 2.24. The summed E-state index contributed by atoms with van der Waals surface area (Å²) in [5.41, 5.74) is 0.843. The fourth-order valence-electron chi connectivity index (χ4n) is 2.28. The molecule has 1 aromatic rings. The van der Waals surface area contributed by atoms with Gasteiger partial charge in [0.1, 0.15) is 11.9 Å². The van der Waals surface area contributed by atoms with E-state index in [1.165, 1.54) is 6.08 Å². The normalized spacial score (nSPS) is 22.6. The molecule has 1 aliphatic rings. The van der Waals surface area contributed by atoms with Crippen LogP contribution in [-0.2, 0) is 0 Å². The van der Waals surface area contributed by atoms with Crippen molar-refractivity contribution in [1.82, 2.24) is 0 Å². The maximum Gasteiger partial charge on any atom is 0.262 e. The van der Waals surface area contributed by atoms with Gasteiger partial charge in [-0.3, -0.25) is 0 Å². The Morgan fingerprint density at radius 3 is 2.65 bits per heavy atom. The number of rotatable bonds is 3. The fraction of sp³-hybridized carbons (Fsp3) is 0.375. The Balaban J connectivity index is 2.04. The topological polar surface area (TPSA) is 57.6 Å². The average molecular weight is 268 g/mol. The molecule has 4 nitrogen and oxygen atoms in total. The number of nitriles is 1. The van der Waals surface area contributed by atoms with Crippen LogP contribution in [0.3, 0.4) is 0 Å². The molecule has 2 rings (SSSR count). The second kappa shape index (κ2) is 6.75. The molecule has 0 heterocycles. The second-order valence-corrected chi connectivity index (χ2v) is 4.83. The van der Waals surface area contributed by atoms with Crippen molar-refractivity contribution in [3.05, 3.63) is 46.9 Å². The van der Waals surface area contributed by atoms with Gasteiger partial charge in [0, 0.05) is 0 Å². The Hall–Kier alpha value is -2.30. The highest BCUT2D eigenvalue weighted by molar-refractivity contribution is 5.59. The lowest BCUT2D eigenvalue weighted by Gasteiger charge is -2.28. The summed E-state index contributed by atoms with van der Waals surface area (Å²) in [6.45, 7) is 6.83. The van der Waals surface area contributed by atoms with Gasteiger partial charge in [-0.2, -0.15) is 0 Å². The highest BCUT2D eigenvalue weighted by atomic mass is 16.5. The number of ether oxygens (including phenoxy) is 1. The van der Waals surface area contributed by atoms with E-state index in [0.29, 0.717) is 5.75 Å². The summed E-state index contributed by atoms with van der Waals surface area (Å²) in [7, 11) is 0. The Morgan fingerprint density at radius 1 is 1.35 bits per heavy atom. The molecule has 4 heteroatoms. The lowest BCUT2D eigenvalue weighted by molar-refractivity contribution is 0.00687. The summed E-state index contributed by atoms with van der Waals surface area (Å²) in [6, 6.07) is 9.02. The second-order valence-electron chi connectivity index (χ2n) is 4.83. The summed E-state index contributed by atoms with van der Waals surface area (Å²) < 4.78 is 5.78. The van der Waals surface area contributed by atoms with E-state index in [-0.39, 0.29) is 11.8 Å². The SMILES string of the molecule is [C-]#[N+]C(C#N)=Cc1ccc(O[C@H]2CCCC[C@@H]2O)cc1. The lowest BCUT2D eigenvalue weighted by Crippen LogP contribution is -2.34. The zero-order chi connectivity index (χ0) is 14.4. The van der Waals surface area contributed by atoms with Crippen molar-refractivity contribution in [3.8, 4) is 11.8 Å². The van der Waals surface area contributed by atoms with Crippen LogP contribution in [0.4, 0.5) is 0 Å². The van der Waals surface area contributed by atoms with Gasteiger partial charge in [0.2, 0.25) is 0 Å². The molecule has 0 bridgehead atoms. The Labute approximate surface area is 118 Å². The van der Waals surface area contributed by atoms with Crippen molar-refractivity contribution < 1.29 is 9.84 Å². The molecule has 1 fully saturated rings. The first-order chi connectivity index (χ1) is 9.72. The third-order valence-corrected chi connectivity index (χ3v) is 3.37. The molecule has 0 amide bonds. The van der Waals surface area contributed by atoms with E-state index in [1.807, 2.05) is 6.07 Å². The molecule has 1 aliphatic carbocycles. The molecule has 1 N–H and O–H groups in total. The maximum atomic E-state index is 9.86. The number of aliphatic hydroxyl groups excluding tert-OH is 1. The number of benzene rings is 1. The molecule has 0 saturated heterocycles. The first-order valence-electron chi connectivity index (χ1n) is 6.67. The molecule has 0 aliphatic heterocycles. The van der Waals surface area contributed by atoms with E-state index in [0.717, 1.165) is 31.2 Å². The summed E-state index contributed by atoms with van der Waals surface area (Å²) >= 11 is 0. The predicted octanol–water partition coefficient (Wildman–Crippen LogP) is 3.15. The van der Waals surface area contributed by atoms with Gasteiger partial charge in [-0.1, -0.05) is 18.6 Å². The van der Waals surface area contributed by atoms with Gasteiger partial charge in [0.25, 0.3) is 5.70 Å². The number of hydrogen-bond donors (Lipinski definition) is 1. The predicted molar refractivity (Wildman–Crippen MR) is 75.5 cm³/mol. The van der Waals surface area contributed by atoms with Gasteiger partial charge >= 0.3 is 0 Å². The number of nitrogens with zero attached hydrogens (tertiary/aromatic N) is 2. The van der Waals surface area contributed by atoms with Gasteiger partial charge in [-0.05, 0) is 43.0 Å². The van der Waals surface area contributed by atoms with Crippen LogP contribution in [0.25, 0.3) is 10.9 Å². The van der Waals surface area contributed by atoms with E-state index < -0.39 is 6.10 Å². The lowest BCUT2D eigenvalue weighted by atomic mass is 9.95. The first kappa shape index (κ1) is 14.1. The first-order valence-corrected chi connectivity index (χ1v) is 6.67. The summed E-state index contributed by atoms with van der Waals surface area (Å²) in [5.74, 6) is 0.703. The Morgan fingerprint density at radius 2 is 2.05 bits per heavy atom. The zero-order valence-electron chi connectivity index (χ0n) is 11.1. The van der Waals surface area contributed by atoms with Crippen molar-refractivity contribution >= 4 is 6.08 Å². The van der Waals surface area contributed by atoms with Gasteiger partial charge in [0.05, 0.1) is 18.7 Å². The molecular formula is C16H16N2O2. The maximum absolute atomic E-state index is 9.86. The minimum absolute atomic E-state index is 0.0568. The van der Waals surface area contributed by atoms with E-state index in [1.54, 1.807) is 24.3 Å². The molecule has 20 heavy (non-hydrogen) atoms. The number of hydrogen-bond acceptors (Lipinski definition) is 3. The van der Waals surface area contributed by atoms with Crippen molar-refractivity contribution in [1.29, 1.82) is 5.26 Å². The molecule has 0 radical (unpaired) electrons. The quantitative estimate of drug-likeness (QED) is 0.676. The smallest absolute Gasteiger partial charge is 0.262 e. The minimum atomic E-state index is -0.393. The Bertz CT molecular complexity index is 548. The molecule has 1 saturated carbocycles. The molecule has 0 spiro atoms. The third kappa shape index (κ3) is 3.60. The van der Waals surface area contributed by atoms with Crippen LogP contribution < -0.4 is 4.74 Å². The van der Waals surface area contributed by atoms with Crippen molar-refractivity contribution in [2.75, 3.05) is 0 Å². The van der Waals surface area contributed by atoms with Gasteiger partial charge in [-0.15, -0.1) is 0 Å². The summed E-state index contributed by atoms with van der Waals surface area (Å²) in [6.07, 6.45) is 4.81. The van der Waals surface area contributed by atoms with E-state index in [4.69, 9.17) is 16.6 Å². The average Bonchev–Trinajstić information content (AvgIpc) is 2.49. The highest BCUT2D eigenvalue weighted by Crippen LogP contribution is 2.24. The molecule has 1 aromatic carbocycles. The van der Waals surface area contributed by atoms with Crippen molar-refractivity contribution in [2.24, 2.45) is 0 Å². The molecule has 2 atom stereocenters. The van der Waals surface area contributed by atoms with E-state index in [9.17, 15) is 5.11 Å². The van der Waals surface area contributed by atoms with Gasteiger partial charge in [-0.25, -0.2) is 10.1 Å². The Kier molecular flexibility index (Phi) is 4.76. The largest absolute Gasteiger partial charge is 0.488 e. The van der Waals surface area contributed by atoms with Crippen LogP contribution in [0.15, 0.2) is 30.0 Å². The van der Waals surface area contributed by atoms with Crippen LogP contribution >= 0.6 is 0 Å². The zero-order valence-corrected chi connectivity index (χ0v) is 11.1. The van der Waals surface area contributed by atoms with Crippen LogP contribution in [-0.4, -0.2) is 17.3 Å². The summed E-state index contributed by atoms with van der Waals surface area (Å²) in [4.78, 5) is 3.11. The van der Waals surface area contributed by atoms with E-state index >= 15 is 0 Å². The molecule has 102 valence electrons. The summed E-state index contributed by atoms with van der Waals surface area (Å²) in [5, 5.41) is 18.6. The van der Waals surface area contributed by atoms with Gasteiger partial charge < -0.3 is 9.84 Å². The van der Waals surface area contributed by atoms with Crippen molar-refractivity contribution in [2.45, 2.75) is 37.9 Å². The third-order valence-electron chi connectivity index (χ3n) is 3.37. The number of aliphatic hydroxyl groups is 1. The van der Waals surface area contributed by atoms with Gasteiger partial charge in [0.15, 0.2) is 0 Å². The minimum Gasteiger partial charge on any atom is -0.488 e. The monoisotopic (exact) mass is 268 g/mol. The standard InChI is InChI=1S/C16H16N2O2/c1-18-13(11-17)10-12-6-8-14(9-7-12)20-16-5-3-2-4-15(16)19/h6-10,15-16,19H,2-5H2/t15-,16-/m0/s1. The van der Waals surface area contributed by atoms with Crippen molar-refractivity contribution in [3.63, 3.8) is 0 Å². The number of allylic oxidation sites excluding steroid dienone is 1. The van der Waals surface area contributed by atoms with Crippen LogP contribution in [0, 0.1) is 17.9 Å². The van der Waals surface area contributed by atoms with E-state index in [2.05, 4.69) is 4.85 Å². The molecular weight excluding hydrogens is 252 g/mol. The van der Waals surface area contributed by atoms with Crippen LogP contribution in [0.1, 0.15) is 31.2 Å².